The van der Waals surface area contributed by atoms with E-state index in [1.807, 2.05) is 75.1 Å². The molecule has 1 aliphatic heterocycles. The second-order valence-electron chi connectivity index (χ2n) is 7.94. The lowest BCUT2D eigenvalue weighted by Gasteiger charge is -2.37. The smallest absolute Gasteiger partial charge is 0.338 e. The van der Waals surface area contributed by atoms with Crippen LogP contribution in [-0.2, 0) is 14.3 Å². The lowest BCUT2D eigenvalue weighted by Crippen LogP contribution is -2.47. The first-order chi connectivity index (χ1) is 15.8. The fraction of sp³-hybridized carbons (Fsp3) is 0.269. The highest BCUT2D eigenvalue weighted by molar-refractivity contribution is 7.80. The highest BCUT2D eigenvalue weighted by Gasteiger charge is 2.34. The molecule has 2 N–H and O–H groups in total. The zero-order valence-corrected chi connectivity index (χ0v) is 20.1. The fourth-order valence-corrected chi connectivity index (χ4v) is 4.02. The van der Waals surface area contributed by atoms with E-state index in [4.69, 9.17) is 17.0 Å². The lowest BCUT2D eigenvalue weighted by molar-refractivity contribution is -0.143. The topological polar surface area (TPSA) is 70.7 Å². The van der Waals surface area contributed by atoms with E-state index < -0.39 is 6.04 Å². The summed E-state index contributed by atoms with van der Waals surface area (Å²) in [4.78, 5) is 27.1. The van der Waals surface area contributed by atoms with Crippen molar-refractivity contribution in [3.8, 4) is 0 Å². The van der Waals surface area contributed by atoms with E-state index in [-0.39, 0.29) is 18.0 Å². The van der Waals surface area contributed by atoms with Crippen molar-refractivity contribution in [1.82, 2.24) is 10.2 Å². The Morgan fingerprint density at radius 2 is 1.82 bits per heavy atom. The average Bonchev–Trinajstić information content (AvgIpc) is 2.78. The average molecular weight is 464 g/mol. The number of anilines is 1. The van der Waals surface area contributed by atoms with Crippen molar-refractivity contribution in [2.24, 2.45) is 0 Å². The number of hydrogen-bond acceptors (Lipinski definition) is 4. The molecule has 1 heterocycles. The molecule has 3 rings (SSSR count). The van der Waals surface area contributed by atoms with Gasteiger partial charge in [-0.1, -0.05) is 42.5 Å². The van der Waals surface area contributed by atoms with Gasteiger partial charge in [-0.3, -0.25) is 4.79 Å². The first-order valence-electron chi connectivity index (χ1n) is 10.9. The fourth-order valence-electron chi connectivity index (χ4n) is 3.63. The second-order valence-corrected chi connectivity index (χ2v) is 8.32. The molecular formula is C26H29N3O3S. The molecule has 33 heavy (non-hydrogen) atoms. The summed E-state index contributed by atoms with van der Waals surface area (Å²) in [6.45, 7) is 8.15. The molecule has 0 aromatic heterocycles. The predicted octanol–water partition coefficient (Wildman–Crippen LogP) is 4.82. The van der Waals surface area contributed by atoms with E-state index in [0.717, 1.165) is 16.8 Å². The summed E-state index contributed by atoms with van der Waals surface area (Å²) in [5.74, 6) is -0.594. The molecule has 2 aromatic carbocycles. The van der Waals surface area contributed by atoms with Crippen LogP contribution in [0.5, 0.6) is 0 Å². The molecule has 1 aliphatic rings. The maximum atomic E-state index is 12.9. The molecule has 0 aliphatic carbocycles. The van der Waals surface area contributed by atoms with Crippen molar-refractivity contribution in [3.63, 3.8) is 0 Å². The minimum absolute atomic E-state index is 0.223. The summed E-state index contributed by atoms with van der Waals surface area (Å²) < 4.78 is 5.51. The molecule has 0 radical (unpaired) electrons. The van der Waals surface area contributed by atoms with Crippen LogP contribution in [0.2, 0.25) is 0 Å². The van der Waals surface area contributed by atoms with E-state index in [2.05, 4.69) is 10.6 Å². The Morgan fingerprint density at radius 1 is 1.15 bits per heavy atom. The van der Waals surface area contributed by atoms with Crippen molar-refractivity contribution in [2.75, 3.05) is 11.9 Å². The van der Waals surface area contributed by atoms with Crippen LogP contribution in [0, 0.1) is 0 Å². The number of carbonyl (C=O) groups excluding carboxylic acids is 2. The van der Waals surface area contributed by atoms with Crippen molar-refractivity contribution >= 4 is 41.0 Å². The Kier molecular flexibility index (Phi) is 8.01. The predicted molar refractivity (Wildman–Crippen MR) is 135 cm³/mol. The van der Waals surface area contributed by atoms with Gasteiger partial charge in [-0.2, -0.15) is 0 Å². The highest BCUT2D eigenvalue weighted by Crippen LogP contribution is 2.32. The molecule has 1 amide bonds. The Morgan fingerprint density at radius 3 is 2.42 bits per heavy atom. The van der Waals surface area contributed by atoms with E-state index in [0.29, 0.717) is 22.9 Å². The molecule has 1 atom stereocenters. The number of esters is 1. The summed E-state index contributed by atoms with van der Waals surface area (Å²) in [7, 11) is 0. The van der Waals surface area contributed by atoms with Crippen LogP contribution in [-0.4, -0.2) is 34.5 Å². The van der Waals surface area contributed by atoms with Gasteiger partial charge in [0.15, 0.2) is 5.11 Å². The van der Waals surface area contributed by atoms with Crippen LogP contribution in [0.1, 0.15) is 44.9 Å². The van der Waals surface area contributed by atoms with Gasteiger partial charge < -0.3 is 20.3 Å². The van der Waals surface area contributed by atoms with Gasteiger partial charge in [0.1, 0.15) is 0 Å². The Balaban J connectivity index is 1.79. The standard InChI is InChI=1S/C26H29N3O3S/c1-5-29-18(4)23(25(31)32-17(2)3)24(28-26(29)33)20-12-14-21(15-13-20)27-22(30)16-11-19-9-7-6-8-10-19/h6-17,24H,5H2,1-4H3,(H,27,30)(H,28,33)/b16-11+/t24-/m1/s1. The number of hydrogen-bond donors (Lipinski definition) is 2. The maximum absolute atomic E-state index is 12.9. The van der Waals surface area contributed by atoms with Crippen LogP contribution in [0.15, 0.2) is 71.9 Å². The Hall–Kier alpha value is -3.45. The zero-order valence-electron chi connectivity index (χ0n) is 19.3. The number of amides is 1. The monoisotopic (exact) mass is 463 g/mol. The third-order valence-electron chi connectivity index (χ3n) is 5.21. The third kappa shape index (κ3) is 6.08. The lowest BCUT2D eigenvalue weighted by atomic mass is 9.94. The normalized spacial score (nSPS) is 16.2. The number of ether oxygens (including phenoxy) is 1. The number of thiocarbonyl (C=S) groups is 1. The summed E-state index contributed by atoms with van der Waals surface area (Å²) in [5.41, 5.74) is 3.76. The van der Waals surface area contributed by atoms with Gasteiger partial charge in [-0.15, -0.1) is 0 Å². The molecule has 0 spiro atoms. The van der Waals surface area contributed by atoms with Crippen molar-refractivity contribution in [3.05, 3.63) is 83.1 Å². The van der Waals surface area contributed by atoms with Crippen LogP contribution in [0.25, 0.3) is 6.08 Å². The molecule has 7 heteroatoms. The van der Waals surface area contributed by atoms with Gasteiger partial charge in [0.25, 0.3) is 0 Å². The zero-order chi connectivity index (χ0) is 24.0. The number of rotatable bonds is 7. The molecule has 6 nitrogen and oxygen atoms in total. The number of allylic oxidation sites excluding steroid dienone is 1. The van der Waals surface area contributed by atoms with Gasteiger partial charge in [-0.25, -0.2) is 4.79 Å². The summed E-state index contributed by atoms with van der Waals surface area (Å²) in [5, 5.41) is 6.68. The molecule has 0 saturated carbocycles. The number of nitrogens with zero attached hydrogens (tertiary/aromatic N) is 1. The largest absolute Gasteiger partial charge is 0.459 e. The van der Waals surface area contributed by atoms with E-state index in [1.54, 1.807) is 18.2 Å². The minimum atomic E-state index is -0.436. The summed E-state index contributed by atoms with van der Waals surface area (Å²) in [6.07, 6.45) is 3.02. The first kappa shape index (κ1) is 24.2. The molecule has 0 unspecified atom stereocenters. The number of benzene rings is 2. The number of nitrogens with one attached hydrogen (secondary N) is 2. The molecular weight excluding hydrogens is 434 g/mol. The van der Waals surface area contributed by atoms with Crippen molar-refractivity contribution in [2.45, 2.75) is 39.8 Å². The van der Waals surface area contributed by atoms with Crippen LogP contribution >= 0.6 is 12.2 Å². The molecule has 0 fully saturated rings. The third-order valence-corrected chi connectivity index (χ3v) is 5.55. The molecule has 0 bridgehead atoms. The van der Waals surface area contributed by atoms with Crippen molar-refractivity contribution in [1.29, 1.82) is 0 Å². The molecule has 0 saturated heterocycles. The molecule has 172 valence electrons. The van der Waals surface area contributed by atoms with E-state index >= 15 is 0 Å². The summed E-state index contributed by atoms with van der Waals surface area (Å²) >= 11 is 5.52. The van der Waals surface area contributed by atoms with Gasteiger partial charge in [0.2, 0.25) is 5.91 Å². The quantitative estimate of drug-likeness (QED) is 0.349. The van der Waals surface area contributed by atoms with Gasteiger partial charge in [-0.05, 0) is 69.2 Å². The van der Waals surface area contributed by atoms with Gasteiger partial charge in [0.05, 0.1) is 17.7 Å². The SMILES string of the molecule is CCN1C(=S)N[C@H](c2ccc(NC(=O)/C=C/c3ccccc3)cc2)C(C(=O)OC(C)C)=C1C. The van der Waals surface area contributed by atoms with Crippen molar-refractivity contribution < 1.29 is 14.3 Å². The molecule has 2 aromatic rings. The van der Waals surface area contributed by atoms with Gasteiger partial charge >= 0.3 is 5.97 Å². The maximum Gasteiger partial charge on any atom is 0.338 e. The van der Waals surface area contributed by atoms with Crippen LogP contribution in [0.4, 0.5) is 5.69 Å². The van der Waals surface area contributed by atoms with Crippen LogP contribution < -0.4 is 10.6 Å². The van der Waals surface area contributed by atoms with Crippen LogP contribution in [0.3, 0.4) is 0 Å². The Labute approximate surface area is 200 Å². The highest BCUT2D eigenvalue weighted by atomic mass is 32.1. The first-order valence-corrected chi connectivity index (χ1v) is 11.3. The van der Waals surface area contributed by atoms with E-state index in [1.165, 1.54) is 6.08 Å². The second kappa shape index (κ2) is 10.9. The van der Waals surface area contributed by atoms with Gasteiger partial charge in [0, 0.05) is 24.0 Å². The minimum Gasteiger partial charge on any atom is -0.459 e. The number of carbonyl (C=O) groups is 2. The van der Waals surface area contributed by atoms with E-state index in [9.17, 15) is 9.59 Å². The summed E-state index contributed by atoms with van der Waals surface area (Å²) in [6, 6.07) is 16.5. The Bertz CT molecular complexity index is 1080.